The summed E-state index contributed by atoms with van der Waals surface area (Å²) in [6.45, 7) is 6.86. The average Bonchev–Trinajstić information content (AvgIpc) is 3.77. The van der Waals surface area contributed by atoms with Gasteiger partial charge in [-0.1, -0.05) is 6.58 Å². The fourth-order valence-corrected chi connectivity index (χ4v) is 7.92. The largest absolute Gasteiger partial charge is 0.490 e. The third kappa shape index (κ3) is 6.40. The SMILES string of the molecule is C=CC(=O)N1CC(C)n2nc(-c3nc(-c4cnc5c(c4)CN(C)C(C)C5)c4ccsc4c3-c3c(F)cc(F)cc3OCCOC(F)F)cc2C1C. The predicted molar refractivity (Wildman–Crippen MR) is 187 cm³/mol. The van der Waals surface area contributed by atoms with Gasteiger partial charge in [-0.05, 0) is 63.0 Å². The van der Waals surface area contributed by atoms with E-state index in [1.807, 2.05) is 36.0 Å². The summed E-state index contributed by atoms with van der Waals surface area (Å²) in [7, 11) is 2.07. The maximum atomic E-state index is 16.2. The number of carbonyl (C=O) groups excluding carboxylic acids is 1. The second kappa shape index (κ2) is 13.8. The predicted octanol–water partition coefficient (Wildman–Crippen LogP) is 7.81. The maximum Gasteiger partial charge on any atom is 0.345 e. The van der Waals surface area contributed by atoms with Gasteiger partial charge in [-0.2, -0.15) is 13.9 Å². The minimum atomic E-state index is -3.03. The summed E-state index contributed by atoms with van der Waals surface area (Å²) in [4.78, 5) is 26.8. The van der Waals surface area contributed by atoms with E-state index in [4.69, 9.17) is 19.8 Å². The second-order valence-corrected chi connectivity index (χ2v) is 13.9. The molecule has 2 aliphatic heterocycles. The summed E-state index contributed by atoms with van der Waals surface area (Å²) >= 11 is 1.35. The molecule has 6 heterocycles. The van der Waals surface area contributed by atoms with Gasteiger partial charge in [-0.25, -0.2) is 13.8 Å². The number of rotatable bonds is 9. The smallest absolute Gasteiger partial charge is 0.345 e. The van der Waals surface area contributed by atoms with Gasteiger partial charge in [-0.15, -0.1) is 11.3 Å². The number of hydrogen-bond donors (Lipinski definition) is 0. The Morgan fingerprint density at radius 3 is 2.67 bits per heavy atom. The summed E-state index contributed by atoms with van der Waals surface area (Å²) < 4.78 is 68.9. The molecule has 0 N–H and O–H groups in total. The minimum Gasteiger partial charge on any atom is -0.490 e. The summed E-state index contributed by atoms with van der Waals surface area (Å²) in [5.74, 6) is -2.24. The highest BCUT2D eigenvalue weighted by Crippen LogP contribution is 2.48. The third-order valence-corrected chi connectivity index (χ3v) is 10.6. The van der Waals surface area contributed by atoms with Gasteiger partial charge in [0.2, 0.25) is 5.91 Å². The molecular formula is C37H36F4N6O3S. The van der Waals surface area contributed by atoms with Crippen LogP contribution in [0.4, 0.5) is 17.6 Å². The molecule has 0 fully saturated rings. The number of pyridine rings is 2. The quantitative estimate of drug-likeness (QED) is 0.0873. The van der Waals surface area contributed by atoms with E-state index in [0.717, 1.165) is 47.6 Å². The number of ether oxygens (including phenoxy) is 2. The first-order chi connectivity index (χ1) is 24.4. The Morgan fingerprint density at radius 1 is 1.10 bits per heavy atom. The number of likely N-dealkylation sites (N-methyl/N-ethyl adjacent to an activating group) is 1. The Morgan fingerprint density at radius 2 is 1.90 bits per heavy atom. The van der Waals surface area contributed by atoms with E-state index < -0.39 is 24.9 Å². The lowest BCUT2D eigenvalue weighted by atomic mass is 9.95. The fourth-order valence-electron chi connectivity index (χ4n) is 6.97. The van der Waals surface area contributed by atoms with Crippen LogP contribution in [0.3, 0.4) is 0 Å². The molecule has 0 spiro atoms. The average molecular weight is 721 g/mol. The lowest BCUT2D eigenvalue weighted by Gasteiger charge is -2.36. The van der Waals surface area contributed by atoms with Crippen LogP contribution in [0.2, 0.25) is 0 Å². The molecule has 0 saturated heterocycles. The van der Waals surface area contributed by atoms with Crippen molar-refractivity contribution < 1.29 is 31.8 Å². The summed E-state index contributed by atoms with van der Waals surface area (Å²) in [6.07, 6.45) is 3.90. The molecule has 1 aromatic carbocycles. The van der Waals surface area contributed by atoms with Crippen molar-refractivity contribution in [2.24, 2.45) is 0 Å². The van der Waals surface area contributed by atoms with Gasteiger partial charge < -0.3 is 14.4 Å². The number of thiophene rings is 1. The molecule has 7 rings (SSSR count). The summed E-state index contributed by atoms with van der Waals surface area (Å²) in [6, 6.07) is 7.36. The van der Waals surface area contributed by atoms with Crippen LogP contribution in [0, 0.1) is 11.6 Å². The van der Waals surface area contributed by atoms with Crippen LogP contribution in [0.25, 0.3) is 43.9 Å². The van der Waals surface area contributed by atoms with Crippen molar-refractivity contribution in [2.45, 2.75) is 58.5 Å². The molecule has 1 amide bonds. The zero-order chi connectivity index (χ0) is 36.1. The third-order valence-electron chi connectivity index (χ3n) is 9.69. The number of nitrogens with zero attached hydrogens (tertiary/aromatic N) is 6. The highest BCUT2D eigenvalue weighted by molar-refractivity contribution is 7.18. The topological polar surface area (TPSA) is 85.6 Å². The normalized spacial score (nSPS) is 19.0. The minimum absolute atomic E-state index is 0.0929. The van der Waals surface area contributed by atoms with Gasteiger partial charge in [-0.3, -0.25) is 19.4 Å². The van der Waals surface area contributed by atoms with Gasteiger partial charge in [0.05, 0.1) is 35.6 Å². The Bertz CT molecular complexity index is 2150. The van der Waals surface area contributed by atoms with Crippen LogP contribution in [0.1, 0.15) is 49.8 Å². The van der Waals surface area contributed by atoms with Crippen molar-refractivity contribution in [3.8, 4) is 39.5 Å². The zero-order valence-corrected chi connectivity index (χ0v) is 29.3. The van der Waals surface area contributed by atoms with Crippen molar-refractivity contribution >= 4 is 27.3 Å². The Labute approximate surface area is 296 Å². The Balaban J connectivity index is 1.46. The summed E-state index contributed by atoms with van der Waals surface area (Å²) in [5.41, 5.74) is 5.13. The van der Waals surface area contributed by atoms with Crippen molar-refractivity contribution in [3.63, 3.8) is 0 Å². The number of aromatic nitrogens is 4. The number of fused-ring (bicyclic) bond motifs is 3. The van der Waals surface area contributed by atoms with Crippen molar-refractivity contribution in [1.82, 2.24) is 29.5 Å². The van der Waals surface area contributed by atoms with E-state index in [-0.39, 0.29) is 35.9 Å². The first-order valence-corrected chi connectivity index (χ1v) is 17.5. The van der Waals surface area contributed by atoms with Crippen LogP contribution < -0.4 is 4.74 Å². The monoisotopic (exact) mass is 720 g/mol. The molecule has 0 aliphatic carbocycles. The molecule has 51 heavy (non-hydrogen) atoms. The van der Waals surface area contributed by atoms with E-state index in [1.54, 1.807) is 11.1 Å². The lowest BCUT2D eigenvalue weighted by Crippen LogP contribution is -2.42. The number of carbonyl (C=O) groups is 1. The molecule has 9 nitrogen and oxygen atoms in total. The molecular weight excluding hydrogens is 685 g/mol. The standard InChI is InChI=1S/C37H36F4N6O3S/c1-6-31(48)46-17-20(3)47-29(21(46)4)15-28(44-47)35-33(32-26(39)13-24(38)14-30(32)49-8-9-50-37(40)41)36-25(7-10-51-36)34(43-35)22-12-23-18-45(5)19(2)11-27(23)42-16-22/h6-7,10,12-16,19-21,37H,1,8-9,11,17-18H2,2-5H3. The van der Waals surface area contributed by atoms with Gasteiger partial charge in [0, 0.05) is 70.8 Å². The van der Waals surface area contributed by atoms with E-state index in [9.17, 15) is 18.0 Å². The van der Waals surface area contributed by atoms with Gasteiger partial charge in [0.1, 0.15) is 35.4 Å². The van der Waals surface area contributed by atoms with Gasteiger partial charge >= 0.3 is 6.61 Å². The highest BCUT2D eigenvalue weighted by Gasteiger charge is 2.34. The fraction of sp³-hybridized carbons (Fsp3) is 0.351. The van der Waals surface area contributed by atoms with Gasteiger partial charge in [0.15, 0.2) is 0 Å². The lowest BCUT2D eigenvalue weighted by molar-refractivity contribution is -0.133. The second-order valence-electron chi connectivity index (χ2n) is 13.0. The zero-order valence-electron chi connectivity index (χ0n) is 28.5. The highest BCUT2D eigenvalue weighted by atomic mass is 32.1. The van der Waals surface area contributed by atoms with Crippen LogP contribution in [-0.2, 0) is 22.5 Å². The number of alkyl halides is 2. The molecule has 0 radical (unpaired) electrons. The van der Waals surface area contributed by atoms with Crippen LogP contribution in [0.15, 0.2) is 54.6 Å². The van der Waals surface area contributed by atoms with Crippen molar-refractivity contribution in [3.05, 3.63) is 83.1 Å². The van der Waals surface area contributed by atoms with E-state index in [1.165, 1.54) is 17.4 Å². The molecule has 0 bridgehead atoms. The molecule has 0 saturated carbocycles. The molecule has 2 aliphatic rings. The number of amides is 1. The number of halogens is 4. The van der Waals surface area contributed by atoms with Crippen LogP contribution >= 0.6 is 11.3 Å². The number of hydrogen-bond acceptors (Lipinski definition) is 8. The van der Waals surface area contributed by atoms with Crippen LogP contribution in [-0.4, -0.2) is 74.9 Å². The van der Waals surface area contributed by atoms with E-state index in [2.05, 4.69) is 36.3 Å². The first-order valence-electron chi connectivity index (χ1n) is 16.6. The molecule has 266 valence electrons. The van der Waals surface area contributed by atoms with E-state index in [0.29, 0.717) is 45.3 Å². The van der Waals surface area contributed by atoms with E-state index >= 15 is 4.39 Å². The first kappa shape index (κ1) is 34.8. The number of benzene rings is 1. The molecule has 14 heteroatoms. The maximum absolute atomic E-state index is 16.2. The molecule has 5 aromatic rings. The molecule has 3 unspecified atom stereocenters. The van der Waals surface area contributed by atoms with Crippen LogP contribution in [0.5, 0.6) is 5.75 Å². The van der Waals surface area contributed by atoms with Crippen molar-refractivity contribution in [1.29, 1.82) is 0 Å². The Hall–Kier alpha value is -4.66. The van der Waals surface area contributed by atoms with Crippen molar-refractivity contribution in [2.75, 3.05) is 26.8 Å². The molecule has 4 aromatic heterocycles. The summed E-state index contributed by atoms with van der Waals surface area (Å²) in [5, 5.41) is 7.55. The Kier molecular flexibility index (Phi) is 9.42. The van der Waals surface area contributed by atoms with Gasteiger partial charge in [0.25, 0.3) is 0 Å². The molecule has 3 atom stereocenters.